The molecule has 2 N–H and O–H groups in total. The van der Waals surface area contributed by atoms with Gasteiger partial charge in [0.2, 0.25) is 6.23 Å². The summed E-state index contributed by atoms with van der Waals surface area (Å²) in [4.78, 5) is 26.7. The number of hydrogen-bond donors (Lipinski definition) is 2. The number of rotatable bonds is 10. The Morgan fingerprint density at radius 3 is 2.27 bits per heavy atom. The van der Waals surface area contributed by atoms with Gasteiger partial charge in [-0.2, -0.15) is 5.26 Å². The number of fused-ring (bicyclic) bond motifs is 1. The maximum atomic E-state index is 13.4. The molecule has 0 aromatic rings. The first-order valence-corrected chi connectivity index (χ1v) is 18.4. The summed E-state index contributed by atoms with van der Waals surface area (Å²) >= 11 is 0. The zero-order valence-electron chi connectivity index (χ0n) is 25.8. The van der Waals surface area contributed by atoms with Gasteiger partial charge in [0, 0.05) is 6.08 Å². The third-order valence-corrected chi connectivity index (χ3v) is 18.5. The molecule has 0 spiro atoms. The van der Waals surface area contributed by atoms with Crippen molar-refractivity contribution in [2.45, 2.75) is 115 Å². The number of hydrogen-bond acceptors (Lipinski definition) is 10. The first-order valence-electron chi connectivity index (χ1n) is 14.4. The Balaban J connectivity index is 2.16. The summed E-state index contributed by atoms with van der Waals surface area (Å²) in [5, 5.41) is 19.3. The number of carbonyl (C=O) groups is 2. The summed E-state index contributed by atoms with van der Waals surface area (Å²) in [6.45, 7) is 18.3. The SMILES string of the molecule is CC(=O)[N+]1([C@@H]2O[C@@H]3CO[Si](C(C)C)(C(C)C)O[Si](C(C)C)(C(C)C)O[C@H]3[C@H]2OCOCCC#N)C=CC(=N)NC1=O. The average Bonchev–Trinajstić information content (AvgIpc) is 3.19. The van der Waals surface area contributed by atoms with Crippen LogP contribution in [0.4, 0.5) is 4.79 Å². The lowest BCUT2D eigenvalue weighted by molar-refractivity contribution is -0.783. The average molecular weight is 612 g/mol. The van der Waals surface area contributed by atoms with E-state index in [1.807, 2.05) is 6.07 Å². The molecule has 12 nitrogen and oxygen atoms in total. The van der Waals surface area contributed by atoms with Gasteiger partial charge in [0.1, 0.15) is 31.0 Å². The van der Waals surface area contributed by atoms with E-state index in [9.17, 15) is 9.59 Å². The Morgan fingerprint density at radius 2 is 1.76 bits per heavy atom. The summed E-state index contributed by atoms with van der Waals surface area (Å²) in [6, 6.07) is 1.31. The molecule has 230 valence electrons. The van der Waals surface area contributed by atoms with E-state index in [4.69, 9.17) is 37.8 Å². The van der Waals surface area contributed by atoms with E-state index in [1.165, 1.54) is 19.2 Å². The second kappa shape index (κ2) is 13.2. The number of nitrogens with zero attached hydrogens (tertiary/aromatic N) is 2. The van der Waals surface area contributed by atoms with Crippen LogP contribution in [-0.2, 0) is 32.0 Å². The molecule has 5 atom stereocenters. The molecule has 3 amide bonds. The monoisotopic (exact) mass is 611 g/mol. The fraction of sp³-hybridized carbons (Fsp3) is 0.778. The van der Waals surface area contributed by atoms with E-state index in [0.29, 0.717) is 0 Å². The van der Waals surface area contributed by atoms with Crippen molar-refractivity contribution in [3.8, 4) is 6.07 Å². The van der Waals surface area contributed by atoms with Crippen LogP contribution in [0.15, 0.2) is 12.3 Å². The lowest BCUT2D eigenvalue weighted by Gasteiger charge is -2.51. The number of amides is 3. The van der Waals surface area contributed by atoms with E-state index < -0.39 is 58.1 Å². The number of quaternary nitrogens is 1. The molecule has 0 radical (unpaired) electrons. The van der Waals surface area contributed by atoms with E-state index in [2.05, 4.69) is 60.7 Å². The van der Waals surface area contributed by atoms with Crippen LogP contribution in [0.5, 0.6) is 0 Å². The van der Waals surface area contributed by atoms with Crippen LogP contribution >= 0.6 is 0 Å². The van der Waals surface area contributed by atoms with Crippen LogP contribution in [-0.4, -0.2) is 83.9 Å². The van der Waals surface area contributed by atoms with Crippen LogP contribution in [0.2, 0.25) is 22.2 Å². The maximum absolute atomic E-state index is 13.4. The van der Waals surface area contributed by atoms with E-state index in [-0.39, 0.29) is 54.4 Å². The largest absolute Gasteiger partial charge is 0.436 e. The minimum Gasteiger partial charge on any atom is -0.414 e. The van der Waals surface area contributed by atoms with Gasteiger partial charge in [0.05, 0.1) is 32.6 Å². The van der Waals surface area contributed by atoms with Gasteiger partial charge in [0.15, 0.2) is 6.10 Å². The Bertz CT molecular complexity index is 1050. The van der Waals surface area contributed by atoms with Gasteiger partial charge >= 0.3 is 29.1 Å². The Labute approximate surface area is 245 Å². The van der Waals surface area contributed by atoms with Crippen LogP contribution in [0.25, 0.3) is 0 Å². The van der Waals surface area contributed by atoms with E-state index in [0.717, 1.165) is 0 Å². The highest BCUT2D eigenvalue weighted by atomic mass is 28.5. The van der Waals surface area contributed by atoms with Gasteiger partial charge < -0.3 is 27.2 Å². The van der Waals surface area contributed by atoms with Crippen LogP contribution < -0.4 is 5.32 Å². The molecule has 2 fully saturated rings. The van der Waals surface area contributed by atoms with Crippen LogP contribution in [0.1, 0.15) is 68.7 Å². The van der Waals surface area contributed by atoms with Crippen molar-refractivity contribution in [1.82, 2.24) is 5.32 Å². The fourth-order valence-corrected chi connectivity index (χ4v) is 17.3. The number of ether oxygens (including phenoxy) is 3. The Kier molecular flexibility index (Phi) is 10.9. The first kappa shape index (κ1) is 33.7. The maximum Gasteiger partial charge on any atom is 0.436 e. The van der Waals surface area contributed by atoms with Gasteiger partial charge in [-0.25, -0.2) is 9.59 Å². The third-order valence-electron chi connectivity index (χ3n) is 8.30. The van der Waals surface area contributed by atoms with Gasteiger partial charge in [0.25, 0.3) is 0 Å². The van der Waals surface area contributed by atoms with Gasteiger partial charge in [-0.1, -0.05) is 55.4 Å². The molecule has 0 aromatic carbocycles. The molecule has 0 aliphatic carbocycles. The lowest BCUT2D eigenvalue weighted by Crippen LogP contribution is -2.68. The highest BCUT2D eigenvalue weighted by Crippen LogP contribution is 2.48. The molecule has 3 aliphatic rings. The quantitative estimate of drug-likeness (QED) is 0.157. The van der Waals surface area contributed by atoms with E-state index in [1.54, 1.807) is 0 Å². The molecular weight excluding hydrogens is 564 g/mol. The highest BCUT2D eigenvalue weighted by molar-refractivity contribution is 6.84. The predicted octanol–water partition coefficient (Wildman–Crippen LogP) is 4.52. The second-order valence-electron chi connectivity index (χ2n) is 12.1. The summed E-state index contributed by atoms with van der Waals surface area (Å²) in [5.74, 6) is -0.638. The Hall–Kier alpha value is -1.81. The summed E-state index contributed by atoms with van der Waals surface area (Å²) in [5.41, 5.74) is 0.329. The van der Waals surface area contributed by atoms with E-state index >= 15 is 0 Å². The predicted molar refractivity (Wildman–Crippen MR) is 155 cm³/mol. The van der Waals surface area contributed by atoms with Crippen LogP contribution in [0, 0.1) is 16.7 Å². The Morgan fingerprint density at radius 1 is 1.15 bits per heavy atom. The van der Waals surface area contributed by atoms with Crippen molar-refractivity contribution in [2.24, 2.45) is 0 Å². The molecule has 0 saturated carbocycles. The molecule has 41 heavy (non-hydrogen) atoms. The molecular formula is C27H47N4O8Si2+. The number of nitriles is 1. The summed E-state index contributed by atoms with van der Waals surface area (Å²) in [7, 11) is -5.94. The molecule has 2 saturated heterocycles. The molecule has 14 heteroatoms. The second-order valence-corrected chi connectivity index (χ2v) is 21.0. The normalized spacial score (nSPS) is 31.2. The number of imide groups is 1. The highest BCUT2D eigenvalue weighted by Gasteiger charge is 2.67. The minimum atomic E-state index is -3.08. The summed E-state index contributed by atoms with van der Waals surface area (Å²) < 4.78 is 38.8. The minimum absolute atomic E-state index is 0.0374. The van der Waals surface area contributed by atoms with Crippen molar-refractivity contribution < 1.29 is 41.2 Å². The zero-order valence-corrected chi connectivity index (χ0v) is 27.8. The standard InChI is InChI=1S/C27H46N4O8Si2/c1-17(2)40(18(3)4)36-15-22-24(38-41(39-40,19(5)6)20(7)8)25(35-16-34-14-10-12-28)26(37-22)31(21(9)32)13-11-23(29)30-27(31)33/h11,13,17-20,22,24-26H,10,14-16H2,1-9H3,(H-,29,30,33)/p+1/t22-,24-,25-,26-,31?/m1/s1. The van der Waals surface area contributed by atoms with Gasteiger partial charge in [-0.15, -0.1) is 4.48 Å². The van der Waals surface area contributed by atoms with Crippen molar-refractivity contribution in [1.29, 1.82) is 10.7 Å². The lowest BCUT2D eigenvalue weighted by atomic mass is 10.1. The zero-order chi connectivity index (χ0) is 30.8. The smallest absolute Gasteiger partial charge is 0.414 e. The third kappa shape index (κ3) is 6.15. The number of urea groups is 1. The molecule has 3 aliphatic heterocycles. The van der Waals surface area contributed by atoms with Gasteiger partial charge in [-0.05, 0) is 22.2 Å². The topological polar surface area (TPSA) is 149 Å². The first-order chi connectivity index (χ1) is 19.2. The molecule has 3 rings (SSSR count). The number of amidine groups is 1. The number of nitrogens with one attached hydrogen (secondary N) is 2. The van der Waals surface area contributed by atoms with Crippen molar-refractivity contribution in [3.05, 3.63) is 12.3 Å². The van der Waals surface area contributed by atoms with Crippen molar-refractivity contribution in [3.63, 3.8) is 0 Å². The molecule has 3 heterocycles. The van der Waals surface area contributed by atoms with Crippen LogP contribution in [0.3, 0.4) is 0 Å². The summed E-state index contributed by atoms with van der Waals surface area (Å²) in [6.07, 6.45) is -0.561. The fourth-order valence-electron chi connectivity index (χ4n) is 6.07. The number of carbonyl (C=O) groups excluding carboxylic acids is 2. The van der Waals surface area contributed by atoms with Crippen molar-refractivity contribution >= 4 is 34.9 Å². The molecule has 1 unspecified atom stereocenters. The molecule has 0 aromatic heterocycles. The van der Waals surface area contributed by atoms with Gasteiger partial charge in [-0.3, -0.25) is 10.7 Å². The molecule has 0 bridgehead atoms. The van der Waals surface area contributed by atoms with Crippen molar-refractivity contribution in [2.75, 3.05) is 20.0 Å².